The molecule has 0 spiro atoms. The fourth-order valence-electron chi connectivity index (χ4n) is 3.16. The average Bonchev–Trinajstić information content (AvgIpc) is 3.03. The first-order valence-electron chi connectivity index (χ1n) is 9.37. The normalized spacial score (nSPS) is 11.4. The minimum absolute atomic E-state index is 0.0688. The molecule has 0 unspecified atom stereocenters. The van der Waals surface area contributed by atoms with Crippen molar-refractivity contribution in [3.05, 3.63) is 95.0 Å². The summed E-state index contributed by atoms with van der Waals surface area (Å²) in [5.74, 6) is 0.725. The molecule has 3 N–H and O–H groups in total. The summed E-state index contributed by atoms with van der Waals surface area (Å²) in [4.78, 5) is 0. The lowest BCUT2D eigenvalue weighted by atomic mass is 10.2. The van der Waals surface area contributed by atoms with Gasteiger partial charge in [-0.25, -0.2) is 0 Å². The van der Waals surface area contributed by atoms with E-state index >= 15 is 0 Å². The van der Waals surface area contributed by atoms with E-state index in [4.69, 9.17) is 17.0 Å². The molecule has 0 aliphatic heterocycles. The Morgan fingerprint density at radius 1 is 0.933 bits per heavy atom. The highest BCUT2D eigenvalue weighted by Gasteiger charge is 2.18. The maximum Gasteiger partial charge on any atom is 0.377 e. The molecule has 0 radical (unpaired) electrons. The lowest BCUT2D eigenvalue weighted by Crippen LogP contribution is -2.36. The van der Waals surface area contributed by atoms with Gasteiger partial charge in [0.25, 0.3) is 0 Å². The Kier molecular flexibility index (Phi) is 6.16. The van der Waals surface area contributed by atoms with Crippen molar-refractivity contribution in [3.8, 4) is 5.88 Å². The largest absolute Gasteiger partial charge is 0.493 e. The number of azo groups is 1. The van der Waals surface area contributed by atoms with Gasteiger partial charge in [0.1, 0.15) is 0 Å². The Labute approximate surface area is 183 Å². The lowest BCUT2D eigenvalue weighted by Gasteiger charge is -2.06. The number of hydrogen-bond acceptors (Lipinski definition) is 3. The molecule has 0 bridgehead atoms. The second kappa shape index (κ2) is 9.15. The van der Waals surface area contributed by atoms with Crippen molar-refractivity contribution in [1.82, 2.24) is 4.57 Å². The van der Waals surface area contributed by atoms with Gasteiger partial charge in [-0.15, -0.1) is 0 Å². The number of hydrogen-bond donors (Lipinski definition) is 2. The zero-order chi connectivity index (χ0) is 20.9. The highest BCUT2D eigenvalue weighted by atomic mass is 35.5. The first kappa shape index (κ1) is 20.2. The van der Waals surface area contributed by atoms with Crippen molar-refractivity contribution in [2.24, 2.45) is 10.2 Å². The quantitative estimate of drug-likeness (QED) is 0.257. The van der Waals surface area contributed by atoms with Gasteiger partial charge in [0.15, 0.2) is 5.69 Å². The summed E-state index contributed by atoms with van der Waals surface area (Å²) in [7, 11) is 0. The predicted molar refractivity (Wildman–Crippen MR) is 123 cm³/mol. The van der Waals surface area contributed by atoms with E-state index in [0.717, 1.165) is 22.0 Å². The van der Waals surface area contributed by atoms with Gasteiger partial charge in [-0.3, -0.25) is 5.41 Å². The molecular formula is C23H20ClN4OS+. The molecule has 0 saturated heterocycles. The molecule has 30 heavy (non-hydrogen) atoms. The molecule has 7 heteroatoms. The maximum absolute atomic E-state index is 10.9. The summed E-state index contributed by atoms with van der Waals surface area (Å²) >= 11 is 7.29. The highest BCUT2D eigenvalue weighted by Crippen LogP contribution is 2.39. The van der Waals surface area contributed by atoms with Crippen LogP contribution in [0.2, 0.25) is 5.02 Å². The molecule has 150 valence electrons. The third-order valence-electron chi connectivity index (χ3n) is 4.65. The number of amidine groups is 1. The maximum atomic E-state index is 10.9. The van der Waals surface area contributed by atoms with Gasteiger partial charge in [-0.2, -0.15) is 0 Å². The smallest absolute Gasteiger partial charge is 0.377 e. The molecular weight excluding hydrogens is 416 g/mol. The van der Waals surface area contributed by atoms with Crippen molar-refractivity contribution in [2.75, 3.05) is 0 Å². The number of aromatic nitrogens is 1. The third kappa shape index (κ3) is 4.56. The van der Waals surface area contributed by atoms with E-state index in [0.29, 0.717) is 28.2 Å². The van der Waals surface area contributed by atoms with E-state index < -0.39 is 0 Å². The first-order chi connectivity index (χ1) is 14.6. The summed E-state index contributed by atoms with van der Waals surface area (Å²) in [6.07, 6.45) is 0. The molecule has 4 aromatic rings. The summed E-state index contributed by atoms with van der Waals surface area (Å²) < 4.78 is 1.83. The molecule has 1 heterocycles. The van der Waals surface area contributed by atoms with Gasteiger partial charge in [0, 0.05) is 16.2 Å². The summed E-state index contributed by atoms with van der Waals surface area (Å²) in [6, 6.07) is 25.3. The van der Waals surface area contributed by atoms with E-state index in [-0.39, 0.29) is 5.88 Å². The molecule has 0 atom stereocenters. The van der Waals surface area contributed by atoms with E-state index in [1.165, 1.54) is 11.8 Å². The van der Waals surface area contributed by atoms with Crippen LogP contribution in [0.25, 0.3) is 10.9 Å². The highest BCUT2D eigenvalue weighted by molar-refractivity contribution is 8.12. The minimum Gasteiger partial charge on any atom is -0.493 e. The van der Waals surface area contributed by atoms with Gasteiger partial charge >= 0.3 is 5.17 Å². The molecule has 0 aliphatic carbocycles. The molecule has 0 saturated carbocycles. The topological polar surface area (TPSA) is 75.5 Å². The zero-order valence-corrected chi connectivity index (χ0v) is 17.6. The number of nitrogens with zero attached hydrogens (tertiary/aromatic N) is 3. The molecule has 0 fully saturated rings. The molecule has 0 amide bonds. The van der Waals surface area contributed by atoms with E-state index in [9.17, 15) is 5.11 Å². The Balaban J connectivity index is 1.55. The molecule has 0 aliphatic rings. The van der Waals surface area contributed by atoms with Crippen LogP contribution >= 0.6 is 23.4 Å². The predicted octanol–water partition coefficient (Wildman–Crippen LogP) is 5.18. The van der Waals surface area contributed by atoms with Crippen LogP contribution in [0.1, 0.15) is 11.1 Å². The van der Waals surface area contributed by atoms with Crippen LogP contribution in [0.5, 0.6) is 5.88 Å². The van der Waals surface area contributed by atoms with Crippen molar-refractivity contribution in [2.45, 2.75) is 12.3 Å². The van der Waals surface area contributed by atoms with Crippen molar-refractivity contribution in [1.29, 1.82) is 0 Å². The van der Waals surface area contributed by atoms with Gasteiger partial charge in [0.2, 0.25) is 5.88 Å². The van der Waals surface area contributed by atoms with Gasteiger partial charge in [-0.05, 0) is 46.2 Å². The third-order valence-corrected chi connectivity index (χ3v) is 5.76. The van der Waals surface area contributed by atoms with Crippen LogP contribution in [0.15, 0.2) is 89.1 Å². The lowest BCUT2D eigenvalue weighted by molar-refractivity contribution is -0.110. The monoisotopic (exact) mass is 435 g/mol. The first-order valence-corrected chi connectivity index (χ1v) is 10.7. The second-order valence-corrected chi connectivity index (χ2v) is 8.15. The van der Waals surface area contributed by atoms with Gasteiger partial charge < -0.3 is 9.67 Å². The SMILES string of the molecule is [NH2+]=C(N=Nc1c(O)n(Cc2ccccc2)c2ccccc12)SCc1ccc(Cl)cc1. The number of thioether (sulfide) groups is 1. The summed E-state index contributed by atoms with van der Waals surface area (Å²) in [6.45, 7) is 0.535. The average molecular weight is 436 g/mol. The molecule has 1 aromatic heterocycles. The standard InChI is InChI=1S/C23H19ClN4OS/c24-18-12-10-17(11-13-18)15-30-23(25)27-26-21-19-8-4-5-9-20(19)28(22(21)29)14-16-6-2-1-3-7-16/h1-13,25,29H,14-15H2/p+1. The van der Waals surface area contributed by atoms with Crippen molar-refractivity contribution < 1.29 is 10.5 Å². The number of rotatable bonds is 5. The Hall–Kier alpha value is -3.09. The Bertz CT molecular complexity index is 1200. The minimum atomic E-state index is 0.0688. The van der Waals surface area contributed by atoms with Crippen LogP contribution in [0, 0.1) is 0 Å². The Morgan fingerprint density at radius 3 is 2.40 bits per heavy atom. The van der Waals surface area contributed by atoms with Crippen molar-refractivity contribution >= 4 is 45.1 Å². The van der Waals surface area contributed by atoms with E-state index in [1.54, 1.807) is 0 Å². The van der Waals surface area contributed by atoms with Crippen LogP contribution < -0.4 is 5.41 Å². The zero-order valence-electron chi connectivity index (χ0n) is 16.1. The van der Waals surface area contributed by atoms with Gasteiger partial charge in [0.05, 0.1) is 17.2 Å². The number of para-hydroxylation sites is 1. The van der Waals surface area contributed by atoms with Crippen LogP contribution in [-0.2, 0) is 12.3 Å². The molecule has 3 aromatic carbocycles. The number of nitrogens with two attached hydrogens (primary N) is 1. The number of benzene rings is 3. The second-order valence-electron chi connectivity index (χ2n) is 6.71. The number of aromatic hydroxyl groups is 1. The summed E-state index contributed by atoms with van der Waals surface area (Å²) in [5.41, 5.74) is 3.48. The van der Waals surface area contributed by atoms with Crippen molar-refractivity contribution in [3.63, 3.8) is 0 Å². The van der Waals surface area contributed by atoms with E-state index in [1.807, 2.05) is 83.4 Å². The fourth-order valence-corrected chi connectivity index (χ4v) is 3.89. The Morgan fingerprint density at radius 2 is 1.63 bits per heavy atom. The number of fused-ring (bicyclic) bond motifs is 1. The van der Waals surface area contributed by atoms with Crippen LogP contribution in [-0.4, -0.2) is 14.8 Å². The van der Waals surface area contributed by atoms with E-state index in [2.05, 4.69) is 10.2 Å². The molecule has 4 rings (SSSR count). The van der Waals surface area contributed by atoms with Gasteiger partial charge in [-0.1, -0.05) is 72.3 Å². The fraction of sp³-hybridized carbons (Fsp3) is 0.0870. The van der Waals surface area contributed by atoms with Crippen LogP contribution in [0.3, 0.4) is 0 Å². The molecule has 5 nitrogen and oxygen atoms in total. The van der Waals surface area contributed by atoms with Crippen LogP contribution in [0.4, 0.5) is 5.69 Å². The summed E-state index contributed by atoms with van der Waals surface area (Å²) in [5, 5.41) is 27.1. The number of halogens is 1.